The smallest absolute Gasteiger partial charge is 0.241 e. The monoisotopic (exact) mass is 306 g/mol. The fourth-order valence-corrected chi connectivity index (χ4v) is 2.38. The van der Waals surface area contributed by atoms with Gasteiger partial charge in [-0.2, -0.15) is 0 Å². The molecule has 1 aliphatic heterocycles. The first kappa shape index (κ1) is 16.8. The van der Waals surface area contributed by atoms with Gasteiger partial charge < -0.3 is 20.5 Å². The predicted molar refractivity (Wildman–Crippen MR) is 87.2 cm³/mol. The molecule has 5 nitrogen and oxygen atoms in total. The maximum Gasteiger partial charge on any atom is 0.241 e. The Kier molecular flexibility index (Phi) is 5.80. The van der Waals surface area contributed by atoms with Crippen molar-refractivity contribution in [2.45, 2.75) is 45.8 Å². The summed E-state index contributed by atoms with van der Waals surface area (Å²) in [6.45, 7) is 7.46. The molecular formula is C17H26N2O3. The van der Waals surface area contributed by atoms with Crippen LogP contribution in [0.25, 0.3) is 0 Å². The lowest BCUT2D eigenvalue weighted by atomic mass is 10.1. The Morgan fingerprint density at radius 2 is 2.27 bits per heavy atom. The first-order chi connectivity index (χ1) is 10.5. The molecule has 0 radical (unpaired) electrons. The number of aliphatic hydroxyl groups excluding tert-OH is 1. The molecule has 1 amide bonds. The summed E-state index contributed by atoms with van der Waals surface area (Å²) in [5.74, 6) is 1.29. The zero-order valence-electron chi connectivity index (χ0n) is 13.6. The van der Waals surface area contributed by atoms with Crippen molar-refractivity contribution in [1.82, 2.24) is 5.32 Å². The molecule has 1 aromatic carbocycles. The zero-order valence-corrected chi connectivity index (χ0v) is 13.6. The molecule has 5 heteroatoms. The first-order valence-corrected chi connectivity index (χ1v) is 7.91. The van der Waals surface area contributed by atoms with Crippen molar-refractivity contribution >= 4 is 11.6 Å². The number of amides is 1. The van der Waals surface area contributed by atoms with E-state index in [2.05, 4.69) is 24.5 Å². The highest BCUT2D eigenvalue weighted by molar-refractivity contribution is 5.95. The normalized spacial score (nSPS) is 21.1. The summed E-state index contributed by atoms with van der Waals surface area (Å²) >= 11 is 0. The number of ether oxygens (including phenoxy) is 1. The van der Waals surface area contributed by atoms with Crippen molar-refractivity contribution < 1.29 is 14.6 Å². The zero-order chi connectivity index (χ0) is 16.1. The number of aliphatic hydroxyl groups is 1. The number of benzene rings is 1. The topological polar surface area (TPSA) is 70.6 Å². The number of rotatable bonds is 6. The molecule has 1 aliphatic rings. The Morgan fingerprint density at radius 1 is 1.50 bits per heavy atom. The minimum Gasteiger partial charge on any atom is -0.493 e. The van der Waals surface area contributed by atoms with E-state index in [0.717, 1.165) is 23.4 Å². The summed E-state index contributed by atoms with van der Waals surface area (Å²) < 4.78 is 5.81. The molecule has 0 saturated carbocycles. The lowest BCUT2D eigenvalue weighted by Gasteiger charge is -2.14. The van der Waals surface area contributed by atoms with Crippen LogP contribution in [0.4, 0.5) is 5.69 Å². The van der Waals surface area contributed by atoms with Crippen LogP contribution in [0.1, 0.15) is 32.3 Å². The number of carbonyl (C=O) groups is 1. The number of β-amino-alcohol motifs (C(OH)–C–C–N with tert-alkyl or cyclic N) is 1. The van der Waals surface area contributed by atoms with Crippen molar-refractivity contribution in [2.24, 2.45) is 5.92 Å². The van der Waals surface area contributed by atoms with Gasteiger partial charge in [0.25, 0.3) is 0 Å². The van der Waals surface area contributed by atoms with Gasteiger partial charge in [-0.25, -0.2) is 0 Å². The van der Waals surface area contributed by atoms with E-state index in [4.69, 9.17) is 4.74 Å². The van der Waals surface area contributed by atoms with Crippen LogP contribution in [0.3, 0.4) is 0 Å². The highest BCUT2D eigenvalue weighted by Crippen LogP contribution is 2.23. The molecule has 22 heavy (non-hydrogen) atoms. The van der Waals surface area contributed by atoms with Crippen LogP contribution in [0.15, 0.2) is 18.2 Å². The summed E-state index contributed by atoms with van der Waals surface area (Å²) in [5, 5.41) is 15.4. The van der Waals surface area contributed by atoms with Crippen LogP contribution < -0.4 is 15.4 Å². The van der Waals surface area contributed by atoms with Gasteiger partial charge in [-0.05, 0) is 37.3 Å². The Balaban J connectivity index is 1.95. The van der Waals surface area contributed by atoms with E-state index in [1.807, 2.05) is 25.1 Å². The third-order valence-electron chi connectivity index (χ3n) is 3.83. The van der Waals surface area contributed by atoms with E-state index in [0.29, 0.717) is 25.5 Å². The fourth-order valence-electron chi connectivity index (χ4n) is 2.38. The fraction of sp³-hybridized carbons (Fsp3) is 0.588. The van der Waals surface area contributed by atoms with Crippen molar-refractivity contribution in [3.63, 3.8) is 0 Å². The number of carbonyl (C=O) groups excluding carboxylic acids is 1. The highest BCUT2D eigenvalue weighted by Gasteiger charge is 2.28. The number of nitrogens with one attached hydrogen (secondary N) is 2. The van der Waals surface area contributed by atoms with E-state index in [1.54, 1.807) is 0 Å². The number of aryl methyl sites for hydroxylation is 1. The maximum absolute atomic E-state index is 12.1. The summed E-state index contributed by atoms with van der Waals surface area (Å²) in [4.78, 5) is 12.1. The second-order valence-corrected chi connectivity index (χ2v) is 6.35. The minimum atomic E-state index is -0.441. The van der Waals surface area contributed by atoms with Crippen LogP contribution in [0.5, 0.6) is 5.75 Å². The van der Waals surface area contributed by atoms with Gasteiger partial charge in [-0.3, -0.25) is 4.79 Å². The summed E-state index contributed by atoms with van der Waals surface area (Å²) in [6, 6.07) is 5.34. The summed E-state index contributed by atoms with van der Waals surface area (Å²) in [5.41, 5.74) is 1.77. The van der Waals surface area contributed by atoms with Crippen molar-refractivity contribution in [1.29, 1.82) is 0 Å². The van der Waals surface area contributed by atoms with E-state index < -0.39 is 6.10 Å². The van der Waals surface area contributed by atoms with Gasteiger partial charge >= 0.3 is 0 Å². The van der Waals surface area contributed by atoms with Crippen LogP contribution in [-0.4, -0.2) is 36.3 Å². The van der Waals surface area contributed by atoms with Gasteiger partial charge in [0, 0.05) is 18.3 Å². The summed E-state index contributed by atoms with van der Waals surface area (Å²) in [6.07, 6.45) is 1.01. The van der Waals surface area contributed by atoms with Crippen LogP contribution in [0.2, 0.25) is 0 Å². The van der Waals surface area contributed by atoms with E-state index in [-0.39, 0.29) is 11.9 Å². The lowest BCUT2D eigenvalue weighted by molar-refractivity contribution is -0.117. The Morgan fingerprint density at radius 3 is 2.91 bits per heavy atom. The van der Waals surface area contributed by atoms with Gasteiger partial charge in [0.05, 0.1) is 18.8 Å². The van der Waals surface area contributed by atoms with Crippen LogP contribution in [0, 0.1) is 12.8 Å². The van der Waals surface area contributed by atoms with Crippen LogP contribution in [-0.2, 0) is 4.79 Å². The molecule has 0 aromatic heterocycles. The predicted octanol–water partition coefficient (Wildman–Crippen LogP) is 2.08. The third-order valence-corrected chi connectivity index (χ3v) is 3.83. The number of hydrogen-bond donors (Lipinski definition) is 3. The van der Waals surface area contributed by atoms with Gasteiger partial charge in [-0.15, -0.1) is 0 Å². The molecule has 0 bridgehead atoms. The SMILES string of the molecule is Cc1ccc(NC(=O)C2CC(O)CN2)cc1OCCC(C)C. The molecule has 122 valence electrons. The van der Waals surface area contributed by atoms with E-state index in [9.17, 15) is 9.90 Å². The molecule has 1 heterocycles. The minimum absolute atomic E-state index is 0.117. The lowest BCUT2D eigenvalue weighted by Crippen LogP contribution is -2.35. The Hall–Kier alpha value is -1.59. The quantitative estimate of drug-likeness (QED) is 0.752. The first-order valence-electron chi connectivity index (χ1n) is 7.91. The largest absolute Gasteiger partial charge is 0.493 e. The Bertz CT molecular complexity index is 517. The number of anilines is 1. The second kappa shape index (κ2) is 7.61. The second-order valence-electron chi connectivity index (χ2n) is 6.35. The molecule has 1 aromatic rings. The van der Waals surface area contributed by atoms with Crippen molar-refractivity contribution in [3.05, 3.63) is 23.8 Å². The third kappa shape index (κ3) is 4.71. The Labute approximate surface area is 132 Å². The van der Waals surface area contributed by atoms with Crippen LogP contribution >= 0.6 is 0 Å². The number of hydrogen-bond acceptors (Lipinski definition) is 4. The molecule has 2 atom stereocenters. The van der Waals surface area contributed by atoms with Gasteiger partial charge in [0.2, 0.25) is 5.91 Å². The van der Waals surface area contributed by atoms with E-state index >= 15 is 0 Å². The molecule has 0 aliphatic carbocycles. The van der Waals surface area contributed by atoms with Gasteiger partial charge in [0.1, 0.15) is 5.75 Å². The molecule has 2 unspecified atom stereocenters. The average molecular weight is 306 g/mol. The molecule has 1 saturated heterocycles. The van der Waals surface area contributed by atoms with Gasteiger partial charge in [0.15, 0.2) is 0 Å². The highest BCUT2D eigenvalue weighted by atomic mass is 16.5. The maximum atomic E-state index is 12.1. The summed E-state index contributed by atoms with van der Waals surface area (Å²) in [7, 11) is 0. The van der Waals surface area contributed by atoms with Crippen molar-refractivity contribution in [2.75, 3.05) is 18.5 Å². The molecular weight excluding hydrogens is 280 g/mol. The molecule has 3 N–H and O–H groups in total. The molecule has 2 rings (SSSR count). The standard InChI is InChI=1S/C17H26N2O3/c1-11(2)6-7-22-16-8-13(5-4-12(16)3)19-17(21)15-9-14(20)10-18-15/h4-5,8,11,14-15,18,20H,6-7,9-10H2,1-3H3,(H,19,21). The van der Waals surface area contributed by atoms with E-state index in [1.165, 1.54) is 0 Å². The van der Waals surface area contributed by atoms with Gasteiger partial charge in [-0.1, -0.05) is 19.9 Å². The molecule has 1 fully saturated rings. The van der Waals surface area contributed by atoms with Crippen molar-refractivity contribution in [3.8, 4) is 5.75 Å². The molecule has 0 spiro atoms. The average Bonchev–Trinajstić information content (AvgIpc) is 2.88.